The number of nitrogens with two attached hydrogens (primary N) is 1. The number of nitrogens with one attached hydrogen (secondary N) is 2. The van der Waals surface area contributed by atoms with Crippen LogP contribution in [0.3, 0.4) is 0 Å². The normalized spacial score (nSPS) is 11.3. The number of aromatic amines is 1. The van der Waals surface area contributed by atoms with Crippen LogP contribution in [-0.2, 0) is 0 Å². The van der Waals surface area contributed by atoms with Gasteiger partial charge in [-0.3, -0.25) is 4.79 Å². The highest BCUT2D eigenvalue weighted by atomic mass is 16.5. The maximum Gasteiger partial charge on any atom is 0.271 e. The van der Waals surface area contributed by atoms with Crippen LogP contribution in [0.15, 0.2) is 45.5 Å². The lowest BCUT2D eigenvalue weighted by molar-refractivity contribution is 0.393. The van der Waals surface area contributed by atoms with E-state index in [0.717, 1.165) is 28.2 Å². The van der Waals surface area contributed by atoms with Crippen LogP contribution in [0, 0.1) is 13.8 Å². The molecule has 0 radical (unpaired) electrons. The van der Waals surface area contributed by atoms with Gasteiger partial charge >= 0.3 is 0 Å². The monoisotopic (exact) mass is 330 g/mol. The first-order valence-corrected chi connectivity index (χ1v) is 8.00. The SMILES string of the molecule is C/C=C(\C=C/N)CNc1cc(-c2c(C)noc2C)c[nH]c1=O.CC. The van der Waals surface area contributed by atoms with E-state index >= 15 is 0 Å². The Balaban J connectivity index is 0.00000139. The lowest BCUT2D eigenvalue weighted by Crippen LogP contribution is -2.15. The van der Waals surface area contributed by atoms with Crippen LogP contribution in [0.5, 0.6) is 0 Å². The number of hydrogen-bond acceptors (Lipinski definition) is 5. The Morgan fingerprint density at radius 3 is 2.67 bits per heavy atom. The number of H-pyrrole nitrogens is 1. The number of aryl methyl sites for hydroxylation is 2. The molecule has 0 amide bonds. The average Bonchev–Trinajstić information content (AvgIpc) is 2.93. The Kier molecular flexibility index (Phi) is 7.55. The van der Waals surface area contributed by atoms with E-state index in [9.17, 15) is 4.79 Å². The third kappa shape index (κ3) is 4.62. The molecule has 0 aliphatic heterocycles. The topological polar surface area (TPSA) is 96.9 Å². The molecule has 2 aromatic rings. The maximum absolute atomic E-state index is 12.0. The molecular weight excluding hydrogens is 304 g/mol. The van der Waals surface area contributed by atoms with E-state index < -0.39 is 0 Å². The van der Waals surface area contributed by atoms with Crippen LogP contribution < -0.4 is 16.6 Å². The number of nitrogens with zero attached hydrogens (tertiary/aromatic N) is 1. The summed E-state index contributed by atoms with van der Waals surface area (Å²) in [6, 6.07) is 1.80. The summed E-state index contributed by atoms with van der Waals surface area (Å²) in [5, 5.41) is 7.06. The number of aromatic nitrogens is 2. The van der Waals surface area contributed by atoms with Gasteiger partial charge < -0.3 is 20.6 Å². The number of hydrogen-bond donors (Lipinski definition) is 3. The van der Waals surface area contributed by atoms with Crippen molar-refractivity contribution >= 4 is 5.69 Å². The molecule has 0 fully saturated rings. The zero-order chi connectivity index (χ0) is 18.1. The summed E-state index contributed by atoms with van der Waals surface area (Å²) >= 11 is 0. The van der Waals surface area contributed by atoms with Crippen molar-refractivity contribution in [2.75, 3.05) is 11.9 Å². The van der Waals surface area contributed by atoms with Gasteiger partial charge in [-0.15, -0.1) is 0 Å². The molecule has 130 valence electrons. The van der Waals surface area contributed by atoms with Crippen molar-refractivity contribution in [3.8, 4) is 11.1 Å². The molecular formula is C18H26N4O2. The average molecular weight is 330 g/mol. The molecule has 24 heavy (non-hydrogen) atoms. The van der Waals surface area contributed by atoms with Gasteiger partial charge in [0.05, 0.1) is 5.69 Å². The quantitative estimate of drug-likeness (QED) is 0.729. The summed E-state index contributed by atoms with van der Waals surface area (Å²) in [4.78, 5) is 14.7. The van der Waals surface area contributed by atoms with Crippen LogP contribution in [0.2, 0.25) is 0 Å². The molecule has 0 saturated heterocycles. The zero-order valence-corrected chi connectivity index (χ0v) is 14.9. The van der Waals surface area contributed by atoms with Crippen molar-refractivity contribution < 1.29 is 4.52 Å². The summed E-state index contributed by atoms with van der Waals surface area (Å²) in [5.74, 6) is 0.718. The molecule has 0 aliphatic carbocycles. The van der Waals surface area contributed by atoms with Crippen molar-refractivity contribution in [2.24, 2.45) is 5.73 Å². The van der Waals surface area contributed by atoms with Crippen molar-refractivity contribution in [1.29, 1.82) is 0 Å². The van der Waals surface area contributed by atoms with E-state index in [1.807, 2.05) is 40.7 Å². The second kappa shape index (κ2) is 9.39. The van der Waals surface area contributed by atoms with E-state index in [1.54, 1.807) is 18.3 Å². The predicted octanol–water partition coefficient (Wildman–Crippen LogP) is 3.50. The molecule has 0 atom stereocenters. The molecule has 2 heterocycles. The van der Waals surface area contributed by atoms with Crippen LogP contribution >= 0.6 is 0 Å². The van der Waals surface area contributed by atoms with Gasteiger partial charge in [0.1, 0.15) is 11.4 Å². The highest BCUT2D eigenvalue weighted by molar-refractivity contribution is 5.70. The van der Waals surface area contributed by atoms with E-state index in [-0.39, 0.29) is 5.56 Å². The summed E-state index contributed by atoms with van der Waals surface area (Å²) in [5.41, 5.74) is 9.23. The zero-order valence-electron chi connectivity index (χ0n) is 14.9. The first-order chi connectivity index (χ1) is 11.6. The second-order valence-electron chi connectivity index (χ2n) is 4.91. The Morgan fingerprint density at radius 1 is 1.42 bits per heavy atom. The van der Waals surface area contributed by atoms with Gasteiger partial charge in [-0.1, -0.05) is 25.1 Å². The molecule has 0 aromatic carbocycles. The molecule has 0 aliphatic rings. The third-order valence-corrected chi connectivity index (χ3v) is 3.39. The van der Waals surface area contributed by atoms with Crippen molar-refractivity contribution in [3.05, 3.63) is 58.0 Å². The Labute approximate surface area is 142 Å². The number of pyridine rings is 1. The minimum atomic E-state index is -0.178. The van der Waals surface area contributed by atoms with E-state index in [0.29, 0.717) is 12.2 Å². The molecule has 2 aromatic heterocycles. The van der Waals surface area contributed by atoms with Crippen molar-refractivity contribution in [1.82, 2.24) is 10.1 Å². The molecule has 6 nitrogen and oxygen atoms in total. The summed E-state index contributed by atoms with van der Waals surface area (Å²) in [7, 11) is 0. The minimum Gasteiger partial charge on any atom is -0.405 e. The van der Waals surface area contributed by atoms with Gasteiger partial charge in [0.25, 0.3) is 5.56 Å². The fourth-order valence-electron chi connectivity index (χ4n) is 2.23. The Bertz CT molecular complexity index is 750. The van der Waals surface area contributed by atoms with E-state index in [1.165, 1.54) is 6.20 Å². The van der Waals surface area contributed by atoms with E-state index in [4.69, 9.17) is 10.3 Å². The first-order valence-electron chi connectivity index (χ1n) is 8.00. The molecule has 6 heteroatoms. The van der Waals surface area contributed by atoms with Gasteiger partial charge in [-0.2, -0.15) is 0 Å². The van der Waals surface area contributed by atoms with Gasteiger partial charge in [0.15, 0.2) is 0 Å². The molecule has 0 spiro atoms. The molecule has 2 rings (SSSR count). The van der Waals surface area contributed by atoms with Gasteiger partial charge in [0.2, 0.25) is 0 Å². The second-order valence-corrected chi connectivity index (χ2v) is 4.91. The lowest BCUT2D eigenvalue weighted by atomic mass is 10.1. The maximum atomic E-state index is 12.0. The standard InChI is InChI=1S/C16H20N4O2.C2H6/c1-4-12(5-6-17)8-18-14-7-13(9-19-16(14)21)15-10(2)20-22-11(15)3;1-2/h4-7,9,18H,8,17H2,1-3H3,(H,19,21);1-2H3/b6-5-,12-4+;. The highest BCUT2D eigenvalue weighted by Gasteiger charge is 2.13. The smallest absolute Gasteiger partial charge is 0.271 e. The summed E-state index contributed by atoms with van der Waals surface area (Å²) < 4.78 is 5.17. The predicted molar refractivity (Wildman–Crippen MR) is 99.0 cm³/mol. The number of allylic oxidation sites excluding steroid dienone is 1. The van der Waals surface area contributed by atoms with Crippen LogP contribution in [0.25, 0.3) is 11.1 Å². The first kappa shape index (κ1) is 19.3. The summed E-state index contributed by atoms with van der Waals surface area (Å²) in [6.07, 6.45) is 6.86. The largest absolute Gasteiger partial charge is 0.405 e. The van der Waals surface area contributed by atoms with Crippen LogP contribution in [-0.4, -0.2) is 16.7 Å². The molecule has 0 saturated carbocycles. The fourth-order valence-corrected chi connectivity index (χ4v) is 2.23. The number of rotatable bonds is 5. The Morgan fingerprint density at radius 2 is 2.12 bits per heavy atom. The molecule has 0 unspecified atom stereocenters. The summed E-state index contributed by atoms with van der Waals surface area (Å²) in [6.45, 7) is 10.1. The van der Waals surface area contributed by atoms with E-state index in [2.05, 4.69) is 15.5 Å². The molecule has 0 bridgehead atoms. The fraction of sp³-hybridized carbons (Fsp3) is 0.333. The Hall–Kier alpha value is -2.76. The van der Waals surface area contributed by atoms with Crippen molar-refractivity contribution in [2.45, 2.75) is 34.6 Å². The highest BCUT2D eigenvalue weighted by Crippen LogP contribution is 2.26. The van der Waals surface area contributed by atoms with Gasteiger partial charge in [-0.25, -0.2) is 0 Å². The lowest BCUT2D eigenvalue weighted by Gasteiger charge is -2.08. The van der Waals surface area contributed by atoms with Gasteiger partial charge in [0, 0.05) is 23.9 Å². The van der Waals surface area contributed by atoms with Crippen LogP contribution in [0.4, 0.5) is 5.69 Å². The third-order valence-electron chi connectivity index (χ3n) is 3.39. The van der Waals surface area contributed by atoms with Crippen LogP contribution in [0.1, 0.15) is 32.2 Å². The van der Waals surface area contributed by atoms with Crippen molar-refractivity contribution in [3.63, 3.8) is 0 Å². The van der Waals surface area contributed by atoms with Gasteiger partial charge in [-0.05, 0) is 44.7 Å². The number of anilines is 1. The molecule has 4 N–H and O–H groups in total. The minimum absolute atomic E-state index is 0.178.